The minimum Gasteiger partial charge on any atom is -0.302 e. The Balaban J connectivity index is 3.02. The zero-order valence-corrected chi connectivity index (χ0v) is 10.5. The molecule has 1 atom stereocenters. The number of hydrogen-bond acceptors (Lipinski definition) is 3. The van der Waals surface area contributed by atoms with Crippen molar-refractivity contribution in [2.45, 2.75) is 25.5 Å². The maximum Gasteiger partial charge on any atom is 0.271 e. The van der Waals surface area contributed by atoms with E-state index in [0.717, 1.165) is 18.2 Å². The van der Waals surface area contributed by atoms with Crippen LogP contribution in [-0.4, -0.2) is 13.9 Å². The van der Waals surface area contributed by atoms with E-state index in [1.54, 1.807) is 20.8 Å². The first-order chi connectivity index (χ1) is 7.71. The molecule has 0 heterocycles. The molecule has 0 aromatic heterocycles. The third-order valence-corrected chi connectivity index (χ3v) is 3.44. The lowest BCUT2D eigenvalue weighted by Gasteiger charge is -2.18. The second-order valence-electron chi connectivity index (χ2n) is 4.40. The first-order valence-electron chi connectivity index (χ1n) is 4.84. The Hall–Kier alpha value is -1.50. The van der Waals surface area contributed by atoms with Crippen LogP contribution in [0.15, 0.2) is 18.2 Å². The van der Waals surface area contributed by atoms with E-state index in [4.69, 9.17) is 0 Å². The van der Waals surface area contributed by atoms with E-state index in [1.165, 1.54) is 0 Å². The first kappa shape index (κ1) is 13.6. The minimum absolute atomic E-state index is 0.132. The number of nitro benzene ring substituents is 1. The maximum absolute atomic E-state index is 13.4. The van der Waals surface area contributed by atoms with E-state index in [9.17, 15) is 18.7 Å². The Labute approximate surface area is 101 Å². The molecule has 94 valence electrons. The van der Waals surface area contributed by atoms with Gasteiger partial charge in [-0.15, -0.1) is 0 Å². The normalized spacial score (nSPS) is 13.2. The third kappa shape index (κ3) is 3.48. The molecule has 1 N–H and O–H groups in total. The van der Waals surface area contributed by atoms with Gasteiger partial charge in [0.15, 0.2) is 0 Å². The van der Waals surface area contributed by atoms with Crippen molar-refractivity contribution in [1.29, 1.82) is 0 Å². The van der Waals surface area contributed by atoms with Crippen LogP contribution in [0.4, 0.5) is 15.8 Å². The van der Waals surface area contributed by atoms with Crippen LogP contribution in [0.2, 0.25) is 0 Å². The Kier molecular flexibility index (Phi) is 3.82. The first-order valence-corrected chi connectivity index (χ1v) is 5.99. The Bertz CT molecular complexity index is 471. The lowest BCUT2D eigenvalue weighted by Crippen LogP contribution is -2.27. The van der Waals surface area contributed by atoms with Crippen molar-refractivity contribution in [3.8, 4) is 0 Å². The van der Waals surface area contributed by atoms with Gasteiger partial charge < -0.3 is 4.72 Å². The van der Waals surface area contributed by atoms with Crippen molar-refractivity contribution >= 4 is 22.4 Å². The van der Waals surface area contributed by atoms with Crippen LogP contribution < -0.4 is 4.72 Å². The molecule has 0 spiro atoms. The molecule has 0 fully saturated rings. The Morgan fingerprint density at radius 1 is 1.41 bits per heavy atom. The van der Waals surface area contributed by atoms with Crippen LogP contribution in [0.3, 0.4) is 0 Å². The van der Waals surface area contributed by atoms with Gasteiger partial charge in [0.1, 0.15) is 16.8 Å². The van der Waals surface area contributed by atoms with Crippen LogP contribution in [0.25, 0.3) is 0 Å². The molecular formula is C10H13FN2O3S. The van der Waals surface area contributed by atoms with Gasteiger partial charge in [-0.1, -0.05) is 0 Å². The molecule has 5 nitrogen and oxygen atoms in total. The molecule has 0 aliphatic rings. The van der Waals surface area contributed by atoms with Gasteiger partial charge in [-0.2, -0.15) is 0 Å². The molecule has 0 aliphatic heterocycles. The van der Waals surface area contributed by atoms with E-state index < -0.39 is 26.5 Å². The number of nitrogens with one attached hydrogen (secondary N) is 1. The second kappa shape index (κ2) is 4.79. The Morgan fingerprint density at radius 3 is 2.47 bits per heavy atom. The minimum atomic E-state index is -1.53. The number of rotatable bonds is 3. The van der Waals surface area contributed by atoms with Gasteiger partial charge in [-0.05, 0) is 26.8 Å². The number of non-ortho nitro benzene ring substituents is 1. The van der Waals surface area contributed by atoms with E-state index in [-0.39, 0.29) is 11.4 Å². The van der Waals surface area contributed by atoms with Crippen molar-refractivity contribution < 1.29 is 13.5 Å². The molecule has 0 saturated carbocycles. The van der Waals surface area contributed by atoms with Crippen molar-refractivity contribution in [2.24, 2.45) is 0 Å². The summed E-state index contributed by atoms with van der Waals surface area (Å²) in [7, 11) is -1.53. The number of halogens is 1. The van der Waals surface area contributed by atoms with Crippen LogP contribution in [-0.2, 0) is 11.0 Å². The molecule has 1 aromatic carbocycles. The van der Waals surface area contributed by atoms with Crippen LogP contribution >= 0.6 is 0 Å². The standard InChI is InChI=1S/C10H13FN2O3S/c1-10(2,3)17(16)12-9-6-7(13(14)15)4-5-8(9)11/h4-6,12H,1-3H3. The van der Waals surface area contributed by atoms with Crippen LogP contribution in [0, 0.1) is 15.9 Å². The topological polar surface area (TPSA) is 72.2 Å². The van der Waals surface area contributed by atoms with Crippen LogP contribution in [0.5, 0.6) is 0 Å². The SMILES string of the molecule is CC(C)(C)S(=O)Nc1cc([N+](=O)[O-])ccc1F. The summed E-state index contributed by atoms with van der Waals surface area (Å²) in [6.45, 7) is 5.14. The Morgan fingerprint density at radius 2 is 2.00 bits per heavy atom. The number of nitrogens with zero attached hydrogens (tertiary/aromatic N) is 1. The lowest BCUT2D eigenvalue weighted by molar-refractivity contribution is -0.384. The number of nitro groups is 1. The monoisotopic (exact) mass is 260 g/mol. The van der Waals surface area contributed by atoms with Gasteiger partial charge in [-0.25, -0.2) is 8.60 Å². The third-order valence-electron chi connectivity index (χ3n) is 1.92. The largest absolute Gasteiger partial charge is 0.302 e. The summed E-state index contributed by atoms with van der Waals surface area (Å²) in [4.78, 5) is 9.89. The zero-order chi connectivity index (χ0) is 13.2. The molecule has 1 unspecified atom stereocenters. The highest BCUT2D eigenvalue weighted by atomic mass is 32.2. The van der Waals surface area contributed by atoms with E-state index in [1.807, 2.05) is 0 Å². The van der Waals surface area contributed by atoms with E-state index >= 15 is 0 Å². The number of anilines is 1. The summed E-state index contributed by atoms with van der Waals surface area (Å²) < 4.78 is 26.9. The summed E-state index contributed by atoms with van der Waals surface area (Å²) in [6, 6.07) is 3.06. The predicted molar refractivity (Wildman–Crippen MR) is 64.6 cm³/mol. The van der Waals surface area contributed by atoms with Gasteiger partial charge in [0.05, 0.1) is 15.4 Å². The van der Waals surface area contributed by atoms with Crippen molar-refractivity contribution in [2.75, 3.05) is 4.72 Å². The highest BCUT2D eigenvalue weighted by Gasteiger charge is 2.21. The molecule has 0 aliphatic carbocycles. The quantitative estimate of drug-likeness (QED) is 0.670. The predicted octanol–water partition coefficient (Wildman–Crippen LogP) is 2.61. The lowest BCUT2D eigenvalue weighted by atomic mass is 10.3. The summed E-state index contributed by atoms with van der Waals surface area (Å²) in [5, 5.41) is 10.5. The molecule has 0 bridgehead atoms. The molecule has 0 radical (unpaired) electrons. The smallest absolute Gasteiger partial charge is 0.271 e. The molecule has 1 rings (SSSR count). The molecule has 0 saturated heterocycles. The highest BCUT2D eigenvalue weighted by molar-refractivity contribution is 7.87. The average molecular weight is 260 g/mol. The van der Waals surface area contributed by atoms with Gasteiger partial charge in [-0.3, -0.25) is 10.1 Å². The van der Waals surface area contributed by atoms with Gasteiger partial charge in [0, 0.05) is 12.1 Å². The summed E-state index contributed by atoms with van der Waals surface area (Å²) in [6.07, 6.45) is 0. The molecule has 0 amide bonds. The van der Waals surface area contributed by atoms with Crippen molar-refractivity contribution in [1.82, 2.24) is 0 Å². The fraction of sp³-hybridized carbons (Fsp3) is 0.400. The number of benzene rings is 1. The second-order valence-corrected chi connectivity index (χ2v) is 6.37. The fourth-order valence-corrected chi connectivity index (χ4v) is 1.62. The maximum atomic E-state index is 13.4. The van der Waals surface area contributed by atoms with E-state index in [2.05, 4.69) is 4.72 Å². The average Bonchev–Trinajstić information content (AvgIpc) is 2.19. The van der Waals surface area contributed by atoms with Gasteiger partial charge in [0.25, 0.3) is 5.69 Å². The molecular weight excluding hydrogens is 247 g/mol. The molecule has 1 aromatic rings. The molecule has 7 heteroatoms. The summed E-state index contributed by atoms with van der Waals surface area (Å²) in [5.41, 5.74) is -0.382. The van der Waals surface area contributed by atoms with Gasteiger partial charge >= 0.3 is 0 Å². The highest BCUT2D eigenvalue weighted by Crippen LogP contribution is 2.23. The summed E-state index contributed by atoms with van der Waals surface area (Å²) in [5.74, 6) is -0.673. The fourth-order valence-electron chi connectivity index (χ4n) is 0.958. The molecule has 17 heavy (non-hydrogen) atoms. The van der Waals surface area contributed by atoms with Gasteiger partial charge in [0.2, 0.25) is 0 Å². The van der Waals surface area contributed by atoms with Crippen LogP contribution in [0.1, 0.15) is 20.8 Å². The van der Waals surface area contributed by atoms with Crippen molar-refractivity contribution in [3.63, 3.8) is 0 Å². The zero-order valence-electron chi connectivity index (χ0n) is 9.69. The summed E-state index contributed by atoms with van der Waals surface area (Å²) >= 11 is 0. The van der Waals surface area contributed by atoms with Crippen molar-refractivity contribution in [3.05, 3.63) is 34.1 Å². The number of hydrogen-bond donors (Lipinski definition) is 1. The van der Waals surface area contributed by atoms with E-state index in [0.29, 0.717) is 0 Å².